The molecule has 0 saturated heterocycles. The summed E-state index contributed by atoms with van der Waals surface area (Å²) >= 11 is 11.9. The first-order valence-electron chi connectivity index (χ1n) is 5.76. The fraction of sp³-hybridized carbons (Fsp3) is 0.167. The average molecular weight is 329 g/mol. The molecule has 0 aliphatic carbocycles. The van der Waals surface area contributed by atoms with Gasteiger partial charge in [0.25, 0.3) is 0 Å². The predicted octanol–water partition coefficient (Wildman–Crippen LogP) is 3.83. The number of nitro groups is 1. The summed E-state index contributed by atoms with van der Waals surface area (Å²) in [4.78, 5) is 18.4. The molecule has 0 radical (unpaired) electrons. The van der Waals surface area contributed by atoms with Gasteiger partial charge in [0.15, 0.2) is 0 Å². The van der Waals surface area contributed by atoms with Crippen LogP contribution in [0.5, 0.6) is 11.6 Å². The number of benzene rings is 1. The Labute approximate surface area is 130 Å². The van der Waals surface area contributed by atoms with Crippen LogP contribution < -0.4 is 10.1 Å². The Kier molecular flexibility index (Phi) is 4.44. The summed E-state index contributed by atoms with van der Waals surface area (Å²) in [6, 6.07) is 4.73. The van der Waals surface area contributed by atoms with E-state index in [0.717, 1.165) is 0 Å². The van der Waals surface area contributed by atoms with E-state index in [9.17, 15) is 10.1 Å². The number of rotatable bonds is 4. The summed E-state index contributed by atoms with van der Waals surface area (Å²) in [5.41, 5.74) is -0.155. The maximum Gasteiger partial charge on any atom is 0.352 e. The second kappa shape index (κ2) is 6.11. The first-order chi connectivity index (χ1) is 9.93. The Morgan fingerprint density at radius 2 is 2.05 bits per heavy atom. The van der Waals surface area contributed by atoms with Crippen LogP contribution in [0.4, 0.5) is 11.6 Å². The molecule has 0 amide bonds. The fourth-order valence-corrected chi connectivity index (χ4v) is 1.93. The number of hydrogen-bond acceptors (Lipinski definition) is 6. The zero-order valence-electron chi connectivity index (χ0n) is 11.1. The summed E-state index contributed by atoms with van der Waals surface area (Å²) in [5.74, 6) is 0.166. The molecule has 1 aromatic heterocycles. The summed E-state index contributed by atoms with van der Waals surface area (Å²) in [6.07, 6.45) is 0. The lowest BCUT2D eigenvalue weighted by molar-refractivity contribution is -0.386. The monoisotopic (exact) mass is 328 g/mol. The molecule has 2 aromatic rings. The maximum atomic E-state index is 11.2. The highest BCUT2D eigenvalue weighted by molar-refractivity contribution is 6.42. The molecule has 7 nitrogen and oxygen atoms in total. The topological polar surface area (TPSA) is 90.2 Å². The number of aromatic nitrogens is 2. The Morgan fingerprint density at radius 1 is 1.33 bits per heavy atom. The predicted molar refractivity (Wildman–Crippen MR) is 79.5 cm³/mol. The molecule has 0 unspecified atom stereocenters. The Balaban J connectivity index is 2.54. The summed E-state index contributed by atoms with van der Waals surface area (Å²) in [6.45, 7) is 1.49. The fourth-order valence-electron chi connectivity index (χ4n) is 1.60. The number of halogens is 2. The van der Waals surface area contributed by atoms with E-state index in [0.29, 0.717) is 0 Å². The van der Waals surface area contributed by atoms with Crippen molar-refractivity contribution >= 4 is 34.8 Å². The second-order valence-corrected chi connectivity index (χ2v) is 4.73. The molecule has 0 saturated carbocycles. The normalized spacial score (nSPS) is 10.3. The third-order valence-corrected chi connectivity index (χ3v) is 3.36. The minimum atomic E-state index is -0.609. The van der Waals surface area contributed by atoms with Gasteiger partial charge in [-0.1, -0.05) is 29.3 Å². The highest BCUT2D eigenvalue weighted by atomic mass is 35.5. The van der Waals surface area contributed by atoms with Gasteiger partial charge in [-0.3, -0.25) is 10.1 Å². The van der Waals surface area contributed by atoms with Crippen LogP contribution in [-0.4, -0.2) is 21.9 Å². The van der Waals surface area contributed by atoms with Crippen LogP contribution in [-0.2, 0) is 0 Å². The summed E-state index contributed by atoms with van der Waals surface area (Å²) in [7, 11) is 1.59. The molecule has 2 rings (SSSR count). The van der Waals surface area contributed by atoms with Crippen LogP contribution >= 0.6 is 23.2 Å². The molecule has 9 heteroatoms. The lowest BCUT2D eigenvalue weighted by atomic mass is 10.3. The van der Waals surface area contributed by atoms with Crippen LogP contribution in [0.25, 0.3) is 0 Å². The van der Waals surface area contributed by atoms with Crippen LogP contribution in [0.15, 0.2) is 18.2 Å². The Hall–Kier alpha value is -2.12. The van der Waals surface area contributed by atoms with Gasteiger partial charge in [0.1, 0.15) is 16.5 Å². The number of nitrogens with zero attached hydrogens (tertiary/aromatic N) is 3. The van der Waals surface area contributed by atoms with Gasteiger partial charge in [-0.25, -0.2) is 4.98 Å². The quantitative estimate of drug-likeness (QED) is 0.677. The lowest BCUT2D eigenvalue weighted by Gasteiger charge is -2.10. The molecule has 1 aromatic carbocycles. The van der Waals surface area contributed by atoms with E-state index in [1.54, 1.807) is 19.2 Å². The van der Waals surface area contributed by atoms with Gasteiger partial charge < -0.3 is 10.1 Å². The van der Waals surface area contributed by atoms with Crippen LogP contribution in [0.2, 0.25) is 10.0 Å². The molecule has 0 aliphatic heterocycles. The molecule has 0 fully saturated rings. The second-order valence-electron chi connectivity index (χ2n) is 3.95. The van der Waals surface area contributed by atoms with E-state index in [4.69, 9.17) is 27.9 Å². The van der Waals surface area contributed by atoms with Crippen molar-refractivity contribution in [1.82, 2.24) is 9.97 Å². The minimum Gasteiger partial charge on any atom is -0.432 e. The molecule has 0 bridgehead atoms. The molecule has 0 spiro atoms. The van der Waals surface area contributed by atoms with Crippen molar-refractivity contribution in [3.05, 3.63) is 44.1 Å². The van der Waals surface area contributed by atoms with Crippen molar-refractivity contribution in [3.8, 4) is 11.6 Å². The average Bonchev–Trinajstić information content (AvgIpc) is 2.42. The molecular weight excluding hydrogens is 319 g/mol. The van der Waals surface area contributed by atoms with E-state index in [1.807, 2.05) is 0 Å². The zero-order chi connectivity index (χ0) is 15.6. The van der Waals surface area contributed by atoms with Gasteiger partial charge in [-0.15, -0.1) is 0 Å². The van der Waals surface area contributed by atoms with Crippen molar-refractivity contribution in [2.24, 2.45) is 0 Å². The first kappa shape index (κ1) is 15.3. The maximum absolute atomic E-state index is 11.2. The van der Waals surface area contributed by atoms with Crippen LogP contribution in [0.1, 0.15) is 5.69 Å². The highest BCUT2D eigenvalue weighted by Crippen LogP contribution is 2.38. The largest absolute Gasteiger partial charge is 0.432 e. The Morgan fingerprint density at radius 3 is 2.67 bits per heavy atom. The van der Waals surface area contributed by atoms with Crippen molar-refractivity contribution < 1.29 is 9.66 Å². The van der Waals surface area contributed by atoms with Gasteiger partial charge in [0.2, 0.25) is 5.95 Å². The van der Waals surface area contributed by atoms with Crippen LogP contribution in [0.3, 0.4) is 0 Å². The molecule has 0 aliphatic rings. The summed E-state index contributed by atoms with van der Waals surface area (Å²) in [5, 5.41) is 14.3. The van der Waals surface area contributed by atoms with Gasteiger partial charge in [0.05, 0.1) is 9.95 Å². The van der Waals surface area contributed by atoms with Gasteiger partial charge >= 0.3 is 11.6 Å². The van der Waals surface area contributed by atoms with E-state index in [1.165, 1.54) is 13.0 Å². The van der Waals surface area contributed by atoms with Crippen molar-refractivity contribution in [1.29, 1.82) is 0 Å². The number of aryl methyl sites for hydroxylation is 1. The lowest BCUT2D eigenvalue weighted by Crippen LogP contribution is -2.05. The molecule has 110 valence electrons. The number of ether oxygens (including phenoxy) is 1. The van der Waals surface area contributed by atoms with Crippen molar-refractivity contribution in [3.63, 3.8) is 0 Å². The van der Waals surface area contributed by atoms with E-state index in [-0.39, 0.29) is 39.0 Å². The standard InChI is InChI=1S/C12H10Cl2N4O3/c1-6-10(18(19)20)11(17-12(15-2)16-6)21-8-5-3-4-7(13)9(8)14/h3-5H,1-2H3,(H,15,16,17). The molecule has 1 heterocycles. The van der Waals surface area contributed by atoms with E-state index >= 15 is 0 Å². The number of hydrogen-bond donors (Lipinski definition) is 1. The van der Waals surface area contributed by atoms with Crippen molar-refractivity contribution in [2.75, 3.05) is 12.4 Å². The van der Waals surface area contributed by atoms with Crippen LogP contribution in [0, 0.1) is 17.0 Å². The number of anilines is 1. The van der Waals surface area contributed by atoms with Gasteiger partial charge in [0, 0.05) is 7.05 Å². The smallest absolute Gasteiger partial charge is 0.352 e. The number of nitrogens with one attached hydrogen (secondary N) is 1. The Bertz CT molecular complexity index is 709. The minimum absolute atomic E-state index is 0.149. The third kappa shape index (κ3) is 3.14. The summed E-state index contributed by atoms with van der Waals surface area (Å²) < 4.78 is 5.46. The van der Waals surface area contributed by atoms with Gasteiger partial charge in [-0.05, 0) is 19.1 Å². The molecular formula is C12H10Cl2N4O3. The zero-order valence-corrected chi connectivity index (χ0v) is 12.6. The molecule has 0 atom stereocenters. The first-order valence-corrected chi connectivity index (χ1v) is 6.52. The van der Waals surface area contributed by atoms with Gasteiger partial charge in [-0.2, -0.15) is 4.98 Å². The highest BCUT2D eigenvalue weighted by Gasteiger charge is 2.24. The van der Waals surface area contributed by atoms with Crippen molar-refractivity contribution in [2.45, 2.75) is 6.92 Å². The molecule has 21 heavy (non-hydrogen) atoms. The molecule has 1 N–H and O–H groups in total. The SMILES string of the molecule is CNc1nc(C)c([N+](=O)[O-])c(Oc2cccc(Cl)c2Cl)n1. The van der Waals surface area contributed by atoms with E-state index in [2.05, 4.69) is 15.3 Å². The van der Waals surface area contributed by atoms with E-state index < -0.39 is 4.92 Å². The third-order valence-electron chi connectivity index (χ3n) is 2.56.